The maximum Gasteiger partial charge on any atom is 0.249 e. The molecular formula is C23H24F2N4O3. The number of nitrogens with zero attached hydrogens (tertiary/aromatic N) is 4. The quantitative estimate of drug-likeness (QED) is 0.551. The predicted octanol–water partition coefficient (Wildman–Crippen LogP) is 4.26. The summed E-state index contributed by atoms with van der Waals surface area (Å²) in [5.74, 6) is -2.27. The van der Waals surface area contributed by atoms with Crippen LogP contribution in [0.1, 0.15) is 61.0 Å². The van der Waals surface area contributed by atoms with Crippen LogP contribution < -0.4 is 0 Å². The van der Waals surface area contributed by atoms with E-state index in [-0.39, 0.29) is 37.9 Å². The van der Waals surface area contributed by atoms with Crippen molar-refractivity contribution in [2.75, 3.05) is 13.2 Å². The smallest absolute Gasteiger partial charge is 0.249 e. The molecule has 0 bridgehead atoms. The first-order chi connectivity index (χ1) is 15.4. The number of allylic oxidation sites excluding steroid dienone is 4. The van der Waals surface area contributed by atoms with E-state index in [2.05, 4.69) is 27.3 Å². The first-order valence-electron chi connectivity index (χ1n) is 10.7. The van der Waals surface area contributed by atoms with Crippen LogP contribution in [0.4, 0.5) is 8.78 Å². The van der Waals surface area contributed by atoms with Crippen molar-refractivity contribution in [1.29, 1.82) is 0 Å². The summed E-state index contributed by atoms with van der Waals surface area (Å²) in [6, 6.07) is 3.88. The SMILES string of the molecule is CC1=CCC(c2noc(C3CC(F)(F)C3)n2)C=C1c1cnc2ccc(COCCO)cn12. The maximum atomic E-state index is 13.2. The Morgan fingerprint density at radius 3 is 2.94 bits per heavy atom. The highest BCUT2D eigenvalue weighted by molar-refractivity contribution is 5.79. The molecule has 2 aliphatic rings. The fraction of sp³-hybridized carbons (Fsp3) is 0.435. The molecule has 0 aromatic carbocycles. The maximum absolute atomic E-state index is 13.2. The first-order valence-corrected chi connectivity index (χ1v) is 10.7. The van der Waals surface area contributed by atoms with Crippen LogP contribution in [0, 0.1) is 0 Å². The highest BCUT2D eigenvalue weighted by Crippen LogP contribution is 2.48. The fourth-order valence-corrected chi connectivity index (χ4v) is 4.25. The summed E-state index contributed by atoms with van der Waals surface area (Å²) in [6.45, 7) is 2.72. The number of halogens is 2. The number of hydrogen-bond donors (Lipinski definition) is 1. The third-order valence-corrected chi connectivity index (χ3v) is 6.05. The van der Waals surface area contributed by atoms with Crippen molar-refractivity contribution in [3.8, 4) is 0 Å². The van der Waals surface area contributed by atoms with Crippen LogP contribution in [0.15, 0.2) is 46.8 Å². The van der Waals surface area contributed by atoms with E-state index < -0.39 is 5.92 Å². The second kappa shape index (κ2) is 8.22. The minimum Gasteiger partial charge on any atom is -0.394 e. The average molecular weight is 442 g/mol. The standard InChI is InChI=1S/C23H24F2N4O3/c1-14-2-4-16(21-27-22(32-28-21)17-9-23(24,25)10-17)8-18(14)19-11-26-20-5-3-15(12-29(19)20)13-31-7-6-30/h2-3,5,8,11-12,16-17,30H,4,6-7,9-10,13H2,1H3. The molecule has 3 heterocycles. The Labute approximate surface area is 183 Å². The van der Waals surface area contributed by atoms with Gasteiger partial charge in [-0.25, -0.2) is 13.8 Å². The van der Waals surface area contributed by atoms with Gasteiger partial charge in [0.05, 0.1) is 31.7 Å². The van der Waals surface area contributed by atoms with E-state index in [0.717, 1.165) is 28.1 Å². The van der Waals surface area contributed by atoms with E-state index in [1.807, 2.05) is 35.9 Å². The van der Waals surface area contributed by atoms with Gasteiger partial charge in [0, 0.05) is 30.9 Å². The number of ether oxygens (including phenoxy) is 1. The van der Waals surface area contributed by atoms with Gasteiger partial charge >= 0.3 is 0 Å². The van der Waals surface area contributed by atoms with Crippen LogP contribution >= 0.6 is 0 Å². The average Bonchev–Trinajstić information content (AvgIpc) is 3.40. The third kappa shape index (κ3) is 3.98. The second-order valence-corrected chi connectivity index (χ2v) is 8.45. The molecule has 3 aromatic rings. The summed E-state index contributed by atoms with van der Waals surface area (Å²) in [5.41, 5.74) is 4.86. The molecule has 0 saturated heterocycles. The molecule has 5 rings (SSSR count). The van der Waals surface area contributed by atoms with Gasteiger partial charge in [0.15, 0.2) is 5.82 Å². The Balaban J connectivity index is 1.41. The fourth-order valence-electron chi connectivity index (χ4n) is 4.25. The van der Waals surface area contributed by atoms with Gasteiger partial charge in [-0.3, -0.25) is 4.40 Å². The van der Waals surface area contributed by atoms with Gasteiger partial charge in [-0.2, -0.15) is 4.98 Å². The molecule has 1 atom stereocenters. The summed E-state index contributed by atoms with van der Waals surface area (Å²) >= 11 is 0. The topological polar surface area (TPSA) is 85.7 Å². The zero-order valence-corrected chi connectivity index (χ0v) is 17.7. The van der Waals surface area contributed by atoms with Crippen molar-refractivity contribution in [2.24, 2.45) is 0 Å². The van der Waals surface area contributed by atoms with Gasteiger partial charge in [-0.15, -0.1) is 0 Å². The zero-order chi connectivity index (χ0) is 22.3. The second-order valence-electron chi connectivity index (χ2n) is 8.45. The van der Waals surface area contributed by atoms with Gasteiger partial charge < -0.3 is 14.4 Å². The van der Waals surface area contributed by atoms with Gasteiger partial charge in [-0.1, -0.05) is 23.4 Å². The highest BCUT2D eigenvalue weighted by atomic mass is 19.3. The molecule has 1 saturated carbocycles. The van der Waals surface area contributed by atoms with Crippen molar-refractivity contribution in [1.82, 2.24) is 19.5 Å². The van der Waals surface area contributed by atoms with Gasteiger partial charge in [0.25, 0.3) is 0 Å². The molecule has 1 unspecified atom stereocenters. The number of aliphatic hydroxyl groups is 1. The molecule has 0 spiro atoms. The van der Waals surface area contributed by atoms with Gasteiger partial charge in [-0.05, 0) is 36.1 Å². The van der Waals surface area contributed by atoms with Gasteiger partial charge in [0.2, 0.25) is 11.8 Å². The van der Waals surface area contributed by atoms with Crippen LogP contribution in [0.2, 0.25) is 0 Å². The number of alkyl halides is 2. The summed E-state index contributed by atoms with van der Waals surface area (Å²) < 4.78 is 39.2. The highest BCUT2D eigenvalue weighted by Gasteiger charge is 2.48. The van der Waals surface area contributed by atoms with Crippen LogP contribution in [0.25, 0.3) is 11.2 Å². The number of pyridine rings is 1. The molecular weight excluding hydrogens is 418 g/mol. The molecule has 3 aromatic heterocycles. The van der Waals surface area contributed by atoms with E-state index in [9.17, 15) is 8.78 Å². The van der Waals surface area contributed by atoms with Crippen LogP contribution in [0.5, 0.6) is 0 Å². The summed E-state index contributed by atoms with van der Waals surface area (Å²) in [6.07, 6.45) is 8.29. The minimum atomic E-state index is -2.62. The largest absolute Gasteiger partial charge is 0.394 e. The molecule has 0 amide bonds. The summed E-state index contributed by atoms with van der Waals surface area (Å²) in [5, 5.41) is 13.0. The molecule has 2 aliphatic carbocycles. The molecule has 1 fully saturated rings. The van der Waals surface area contributed by atoms with Crippen molar-refractivity contribution >= 4 is 11.2 Å². The van der Waals surface area contributed by atoms with E-state index >= 15 is 0 Å². The van der Waals surface area contributed by atoms with Crippen molar-refractivity contribution in [3.05, 3.63) is 65.2 Å². The van der Waals surface area contributed by atoms with E-state index in [1.165, 1.54) is 0 Å². The number of fused-ring (bicyclic) bond motifs is 1. The summed E-state index contributed by atoms with van der Waals surface area (Å²) in [4.78, 5) is 8.95. The molecule has 7 nitrogen and oxygen atoms in total. The monoisotopic (exact) mass is 442 g/mol. The molecule has 32 heavy (non-hydrogen) atoms. The minimum absolute atomic E-state index is 0.0161. The lowest BCUT2D eigenvalue weighted by atomic mass is 9.81. The lowest BCUT2D eigenvalue weighted by Crippen LogP contribution is -2.33. The Bertz CT molecular complexity index is 1190. The van der Waals surface area contributed by atoms with Crippen LogP contribution in [-0.2, 0) is 11.3 Å². The number of imidazole rings is 1. The Kier molecular flexibility index (Phi) is 5.38. The lowest BCUT2D eigenvalue weighted by molar-refractivity contribution is -0.0925. The number of hydrogen-bond acceptors (Lipinski definition) is 6. The molecule has 0 aliphatic heterocycles. The van der Waals surface area contributed by atoms with Crippen molar-refractivity contribution in [2.45, 2.75) is 50.6 Å². The summed E-state index contributed by atoms with van der Waals surface area (Å²) in [7, 11) is 0. The Morgan fingerprint density at radius 2 is 2.16 bits per heavy atom. The normalized spacial score (nSPS) is 20.8. The lowest BCUT2D eigenvalue weighted by Gasteiger charge is -2.32. The molecule has 9 heteroatoms. The number of rotatable bonds is 7. The van der Waals surface area contributed by atoms with E-state index in [1.54, 1.807) is 0 Å². The molecule has 0 radical (unpaired) electrons. The Hall–Kier alpha value is -2.91. The van der Waals surface area contributed by atoms with E-state index in [0.29, 0.717) is 24.7 Å². The third-order valence-electron chi connectivity index (χ3n) is 6.05. The van der Waals surface area contributed by atoms with Crippen molar-refractivity contribution in [3.63, 3.8) is 0 Å². The van der Waals surface area contributed by atoms with Crippen LogP contribution in [0.3, 0.4) is 0 Å². The van der Waals surface area contributed by atoms with Gasteiger partial charge in [0.1, 0.15) is 5.65 Å². The zero-order valence-electron chi connectivity index (χ0n) is 17.7. The Morgan fingerprint density at radius 1 is 1.31 bits per heavy atom. The van der Waals surface area contributed by atoms with Crippen LogP contribution in [-0.4, -0.2) is 43.8 Å². The van der Waals surface area contributed by atoms with E-state index in [4.69, 9.17) is 14.4 Å². The number of aromatic nitrogens is 4. The predicted molar refractivity (Wildman–Crippen MR) is 112 cm³/mol. The first kappa shape index (κ1) is 21.0. The number of aliphatic hydroxyl groups excluding tert-OH is 1. The molecule has 168 valence electrons. The molecule has 1 N–H and O–H groups in total. The van der Waals surface area contributed by atoms with Crippen molar-refractivity contribution < 1.29 is 23.1 Å².